The Labute approximate surface area is 78.5 Å². The van der Waals surface area contributed by atoms with Crippen LogP contribution < -0.4 is 5.32 Å². The minimum absolute atomic E-state index is 0.417. The van der Waals surface area contributed by atoms with Crippen LogP contribution in [0.3, 0.4) is 0 Å². The molecule has 1 aliphatic carbocycles. The SMILES string of the molecule is O=C1C2CCC2CN1C1CCNC1. The van der Waals surface area contributed by atoms with Crippen molar-refractivity contribution in [1.82, 2.24) is 10.2 Å². The van der Waals surface area contributed by atoms with Crippen LogP contribution in [0.5, 0.6) is 0 Å². The molecule has 13 heavy (non-hydrogen) atoms. The van der Waals surface area contributed by atoms with Crippen LogP contribution >= 0.6 is 0 Å². The van der Waals surface area contributed by atoms with Gasteiger partial charge in [0.05, 0.1) is 0 Å². The molecule has 0 aromatic carbocycles. The maximum atomic E-state index is 11.9. The number of nitrogens with zero attached hydrogens (tertiary/aromatic N) is 1. The van der Waals surface area contributed by atoms with E-state index in [9.17, 15) is 4.79 Å². The Balaban J connectivity index is 1.73. The van der Waals surface area contributed by atoms with Crippen molar-refractivity contribution in [3.8, 4) is 0 Å². The van der Waals surface area contributed by atoms with Crippen molar-refractivity contribution < 1.29 is 4.79 Å². The zero-order valence-electron chi connectivity index (χ0n) is 7.83. The molecule has 0 aromatic rings. The van der Waals surface area contributed by atoms with Crippen LogP contribution in [0.1, 0.15) is 19.3 Å². The van der Waals surface area contributed by atoms with E-state index in [1.54, 1.807) is 0 Å². The molecule has 2 aliphatic heterocycles. The van der Waals surface area contributed by atoms with Gasteiger partial charge in [-0.25, -0.2) is 0 Å². The molecule has 0 bridgehead atoms. The van der Waals surface area contributed by atoms with Crippen molar-refractivity contribution in [1.29, 1.82) is 0 Å². The van der Waals surface area contributed by atoms with Crippen molar-refractivity contribution in [2.24, 2.45) is 11.8 Å². The molecule has 2 heterocycles. The van der Waals surface area contributed by atoms with Gasteiger partial charge in [0, 0.05) is 25.0 Å². The third kappa shape index (κ3) is 1.03. The number of hydrogen-bond acceptors (Lipinski definition) is 2. The Morgan fingerprint density at radius 2 is 2.23 bits per heavy atom. The molecule has 0 spiro atoms. The predicted octanol–water partition coefficient (Wildman–Crippen LogP) is 0.217. The van der Waals surface area contributed by atoms with E-state index in [4.69, 9.17) is 0 Å². The van der Waals surface area contributed by atoms with Gasteiger partial charge in [0.25, 0.3) is 0 Å². The Morgan fingerprint density at radius 1 is 1.31 bits per heavy atom. The Bertz CT molecular complexity index is 235. The minimum Gasteiger partial charge on any atom is -0.338 e. The lowest BCUT2D eigenvalue weighted by molar-refractivity contribution is -0.134. The summed E-state index contributed by atoms with van der Waals surface area (Å²) >= 11 is 0. The van der Waals surface area contributed by atoms with Crippen LogP contribution in [-0.4, -0.2) is 36.5 Å². The van der Waals surface area contributed by atoms with Gasteiger partial charge in [0.15, 0.2) is 0 Å². The third-order valence-electron chi connectivity index (χ3n) is 3.92. The van der Waals surface area contributed by atoms with Gasteiger partial charge in [-0.15, -0.1) is 0 Å². The standard InChI is InChI=1S/C10H16N2O/c13-10-9-2-1-7(9)6-12(10)8-3-4-11-5-8/h7-9,11H,1-6H2. The van der Waals surface area contributed by atoms with Gasteiger partial charge in [0.2, 0.25) is 5.91 Å². The van der Waals surface area contributed by atoms with Crippen LogP contribution in [0.2, 0.25) is 0 Å². The summed E-state index contributed by atoms with van der Waals surface area (Å²) in [6.07, 6.45) is 3.60. The number of nitrogens with one attached hydrogen (secondary N) is 1. The van der Waals surface area contributed by atoms with E-state index >= 15 is 0 Å². The molecule has 72 valence electrons. The first kappa shape index (κ1) is 7.80. The average Bonchev–Trinajstić information content (AvgIpc) is 2.60. The largest absolute Gasteiger partial charge is 0.338 e. The van der Waals surface area contributed by atoms with E-state index in [0.29, 0.717) is 23.8 Å². The molecule has 3 atom stereocenters. The van der Waals surface area contributed by atoms with Crippen molar-refractivity contribution >= 4 is 5.91 Å². The summed E-state index contributed by atoms with van der Waals surface area (Å²) in [5, 5.41) is 3.33. The number of amides is 1. The van der Waals surface area contributed by atoms with E-state index < -0.39 is 0 Å². The van der Waals surface area contributed by atoms with Crippen molar-refractivity contribution in [3.63, 3.8) is 0 Å². The topological polar surface area (TPSA) is 32.3 Å². The summed E-state index contributed by atoms with van der Waals surface area (Å²) in [6, 6.07) is 0.512. The minimum atomic E-state index is 0.417. The highest BCUT2D eigenvalue weighted by Gasteiger charge is 2.48. The van der Waals surface area contributed by atoms with Crippen LogP contribution in [0, 0.1) is 11.8 Å². The zero-order chi connectivity index (χ0) is 8.84. The van der Waals surface area contributed by atoms with Crippen LogP contribution in [0.4, 0.5) is 0 Å². The average molecular weight is 180 g/mol. The number of likely N-dealkylation sites (tertiary alicyclic amines) is 1. The first-order valence-corrected chi connectivity index (χ1v) is 5.37. The van der Waals surface area contributed by atoms with Crippen LogP contribution in [0.25, 0.3) is 0 Å². The number of hydrogen-bond donors (Lipinski definition) is 1. The van der Waals surface area contributed by atoms with Gasteiger partial charge in [-0.1, -0.05) is 0 Å². The molecule has 1 amide bonds. The number of rotatable bonds is 1. The highest BCUT2D eigenvalue weighted by atomic mass is 16.2. The summed E-state index contributed by atoms with van der Waals surface area (Å²) in [5.41, 5.74) is 0. The van der Waals surface area contributed by atoms with Crippen molar-refractivity contribution in [2.75, 3.05) is 19.6 Å². The summed E-state index contributed by atoms with van der Waals surface area (Å²) in [5.74, 6) is 1.58. The van der Waals surface area contributed by atoms with Gasteiger partial charge in [-0.3, -0.25) is 4.79 Å². The summed E-state index contributed by atoms with van der Waals surface area (Å²) < 4.78 is 0. The van der Waals surface area contributed by atoms with Crippen molar-refractivity contribution in [3.05, 3.63) is 0 Å². The molecule has 3 unspecified atom stereocenters. The lowest BCUT2D eigenvalue weighted by Gasteiger charge is -2.25. The molecular formula is C10H16N2O. The Morgan fingerprint density at radius 3 is 2.69 bits per heavy atom. The van der Waals surface area contributed by atoms with E-state index in [2.05, 4.69) is 10.2 Å². The molecule has 1 N–H and O–H groups in total. The van der Waals surface area contributed by atoms with Gasteiger partial charge in [0.1, 0.15) is 0 Å². The third-order valence-corrected chi connectivity index (χ3v) is 3.92. The normalized spacial score (nSPS) is 43.5. The second-order valence-corrected chi connectivity index (χ2v) is 4.58. The fourth-order valence-corrected chi connectivity index (χ4v) is 2.90. The summed E-state index contributed by atoms with van der Waals surface area (Å²) in [6.45, 7) is 3.16. The Hall–Kier alpha value is -0.570. The zero-order valence-corrected chi connectivity index (χ0v) is 7.83. The number of carbonyl (C=O) groups excluding carboxylic acids is 1. The quantitative estimate of drug-likeness (QED) is 0.626. The first-order valence-electron chi connectivity index (χ1n) is 5.37. The molecule has 3 rings (SSSR count). The van der Waals surface area contributed by atoms with E-state index in [1.165, 1.54) is 6.42 Å². The van der Waals surface area contributed by atoms with E-state index in [1.807, 2.05) is 0 Å². The molecule has 3 aliphatic rings. The maximum absolute atomic E-state index is 11.9. The lowest BCUT2D eigenvalue weighted by Crippen LogP contribution is -2.38. The highest BCUT2D eigenvalue weighted by molar-refractivity contribution is 5.82. The molecule has 3 nitrogen and oxygen atoms in total. The molecule has 3 fully saturated rings. The molecule has 3 heteroatoms. The maximum Gasteiger partial charge on any atom is 0.226 e. The fraction of sp³-hybridized carbons (Fsp3) is 0.900. The highest BCUT2D eigenvalue weighted by Crippen LogP contribution is 2.42. The molecule has 1 saturated carbocycles. The van der Waals surface area contributed by atoms with Gasteiger partial charge in [-0.2, -0.15) is 0 Å². The second-order valence-electron chi connectivity index (χ2n) is 4.58. The molecule has 2 saturated heterocycles. The van der Waals surface area contributed by atoms with E-state index in [-0.39, 0.29) is 0 Å². The summed E-state index contributed by atoms with van der Waals surface area (Å²) in [4.78, 5) is 14.0. The lowest BCUT2D eigenvalue weighted by atomic mass is 9.76. The smallest absolute Gasteiger partial charge is 0.226 e. The van der Waals surface area contributed by atoms with E-state index in [0.717, 1.165) is 32.5 Å². The predicted molar refractivity (Wildman–Crippen MR) is 49.2 cm³/mol. The fourth-order valence-electron chi connectivity index (χ4n) is 2.90. The molecule has 0 aromatic heterocycles. The molecule has 0 radical (unpaired) electrons. The monoisotopic (exact) mass is 180 g/mol. The van der Waals surface area contributed by atoms with Gasteiger partial charge >= 0.3 is 0 Å². The molecular weight excluding hydrogens is 164 g/mol. The van der Waals surface area contributed by atoms with Gasteiger partial charge in [-0.05, 0) is 31.7 Å². The van der Waals surface area contributed by atoms with Gasteiger partial charge < -0.3 is 10.2 Å². The summed E-state index contributed by atoms with van der Waals surface area (Å²) in [7, 11) is 0. The Kier molecular flexibility index (Phi) is 1.62. The second kappa shape index (κ2) is 2.71. The van der Waals surface area contributed by atoms with Crippen LogP contribution in [-0.2, 0) is 4.79 Å². The van der Waals surface area contributed by atoms with Crippen molar-refractivity contribution in [2.45, 2.75) is 25.3 Å². The number of fused-ring (bicyclic) bond motifs is 1. The first-order chi connectivity index (χ1) is 6.36. The van der Waals surface area contributed by atoms with Crippen LogP contribution in [0.15, 0.2) is 0 Å². The number of carbonyl (C=O) groups is 1.